The van der Waals surface area contributed by atoms with Gasteiger partial charge in [0.15, 0.2) is 12.5 Å². The smallest absolute Gasteiger partial charge is 0.450 e. The lowest BCUT2D eigenvalue weighted by molar-refractivity contribution is -0.292. The molecule has 0 aliphatic heterocycles. The van der Waals surface area contributed by atoms with Crippen molar-refractivity contribution < 1.29 is 123 Å². The second-order valence-electron chi connectivity index (χ2n) is 12.0. The van der Waals surface area contributed by atoms with E-state index >= 15 is 0 Å². The van der Waals surface area contributed by atoms with Crippen LogP contribution in [0.2, 0.25) is 0 Å². The van der Waals surface area contributed by atoms with E-state index in [4.69, 9.17) is 4.21 Å². The van der Waals surface area contributed by atoms with Gasteiger partial charge in [-0.05, 0) is 6.42 Å². The predicted octanol–water partition coefficient (Wildman–Crippen LogP) is 15.0. The summed E-state index contributed by atoms with van der Waals surface area (Å²) in [5.41, 5.74) is 0. The number of alkyl halides is 26. The largest absolute Gasteiger partial charge is 0.548 e. The Bertz CT molecular complexity index is 1000. The maximum atomic E-state index is 13.2. The Kier molecular flexibility index (Phi) is 26.6. The molecule has 0 aromatic heterocycles. The van der Waals surface area contributed by atoms with Crippen molar-refractivity contribution in [2.45, 2.75) is 159 Å². The van der Waals surface area contributed by atoms with Crippen LogP contribution in [0.25, 0.3) is 0 Å². The van der Waals surface area contributed by atoms with Crippen LogP contribution in [-0.4, -0.2) is 71.6 Å². The maximum Gasteiger partial charge on any atom is 0.450 e. The molecule has 0 bridgehead atoms. The van der Waals surface area contributed by atoms with Crippen molar-refractivity contribution in [2.24, 2.45) is 0 Å². The predicted molar refractivity (Wildman–Crippen MR) is 152 cm³/mol. The Morgan fingerprint density at radius 2 is 0.724 bits per heavy atom. The summed E-state index contributed by atoms with van der Waals surface area (Å²) in [5, 5.41) is 0. The Hall–Kier alpha value is -1.84. The third kappa shape index (κ3) is 33.9. The van der Waals surface area contributed by atoms with Gasteiger partial charge in [0.1, 0.15) is 12.8 Å². The average Bonchev–Trinajstić information content (AvgIpc) is 2.91. The van der Waals surface area contributed by atoms with Gasteiger partial charge in [-0.2, -0.15) is 120 Å². The number of hydrogen-bond donors (Lipinski definition) is 0. The lowest BCUT2D eigenvalue weighted by Gasteiger charge is -2.38. The van der Waals surface area contributed by atoms with Crippen molar-refractivity contribution in [1.82, 2.24) is 0 Å². The van der Waals surface area contributed by atoms with Crippen molar-refractivity contribution in [3.63, 3.8) is 0 Å². The summed E-state index contributed by atoms with van der Waals surface area (Å²) in [6.07, 6.45) is -49.7. The van der Waals surface area contributed by atoms with Crippen molar-refractivity contribution >= 4 is 12.5 Å². The van der Waals surface area contributed by atoms with Crippen molar-refractivity contribution in [3.8, 4) is 0 Å². The summed E-state index contributed by atoms with van der Waals surface area (Å²) in [6, 6.07) is 0. The lowest BCUT2D eigenvalue weighted by atomic mass is 9.89. The molecule has 0 aliphatic rings. The molecule has 0 atom stereocenters. The van der Waals surface area contributed by atoms with Crippen LogP contribution in [0.1, 0.15) is 97.8 Å². The zero-order valence-electron chi connectivity index (χ0n) is 29.7. The van der Waals surface area contributed by atoms with Crippen molar-refractivity contribution in [2.75, 3.05) is 6.61 Å². The van der Waals surface area contributed by atoms with Crippen LogP contribution in [0.4, 0.5) is 114 Å². The molecular formula is C29H35F26O2S-3. The van der Waals surface area contributed by atoms with E-state index in [9.17, 15) is 114 Å². The molecule has 0 aliphatic carbocycles. The minimum absolute atomic E-state index is 0.128. The van der Waals surface area contributed by atoms with Gasteiger partial charge in [-0.3, -0.25) is 5.92 Å². The fraction of sp³-hybridized carbons (Fsp3) is 0.897. The molecule has 0 saturated heterocycles. The van der Waals surface area contributed by atoms with Gasteiger partial charge in [-0.15, -0.1) is 12.8 Å². The first-order valence-corrected chi connectivity index (χ1v) is 15.9. The Morgan fingerprint density at radius 1 is 0.414 bits per heavy atom. The molecule has 0 amide bonds. The zero-order valence-corrected chi connectivity index (χ0v) is 30.6. The zero-order chi connectivity index (χ0) is 47.6. The van der Waals surface area contributed by atoms with E-state index in [1.54, 1.807) is 0 Å². The van der Waals surface area contributed by atoms with E-state index in [1.165, 1.54) is 20.8 Å². The van der Waals surface area contributed by atoms with E-state index < -0.39 is 136 Å². The molecule has 0 spiro atoms. The van der Waals surface area contributed by atoms with Gasteiger partial charge >= 0.3 is 48.9 Å². The van der Waals surface area contributed by atoms with Gasteiger partial charge in [-0.1, -0.05) is 52.9 Å². The Morgan fingerprint density at radius 3 is 0.931 bits per heavy atom. The highest BCUT2D eigenvalue weighted by Gasteiger charge is 2.58. The topological polar surface area (TPSA) is 26.3 Å². The van der Waals surface area contributed by atoms with Gasteiger partial charge in [0, 0.05) is 6.61 Å². The molecular weight excluding hydrogens is 906 g/mol. The molecule has 0 rings (SSSR count). The van der Waals surface area contributed by atoms with Gasteiger partial charge in [0.25, 0.3) is 0 Å². The monoisotopic (exact) mass is 941 g/mol. The van der Waals surface area contributed by atoms with Gasteiger partial charge < -0.3 is 10.7 Å². The summed E-state index contributed by atoms with van der Waals surface area (Å²) in [7, 11) is 0. The van der Waals surface area contributed by atoms with Crippen LogP contribution in [0, 0.1) is 17.9 Å². The second-order valence-corrected chi connectivity index (χ2v) is 12.0. The van der Waals surface area contributed by atoms with E-state index in [-0.39, 0.29) is 25.9 Å². The molecule has 0 aromatic carbocycles. The lowest BCUT2D eigenvalue weighted by Crippen LogP contribution is -2.41. The first kappa shape index (κ1) is 62.8. The van der Waals surface area contributed by atoms with E-state index in [1.807, 2.05) is 0 Å². The normalized spacial score (nSPS) is 14.1. The fourth-order valence-electron chi connectivity index (χ4n) is 4.00. The van der Waals surface area contributed by atoms with Gasteiger partial charge in [0.05, 0.1) is 0 Å². The summed E-state index contributed by atoms with van der Waals surface area (Å²) in [5.74, 6) is -21.3. The van der Waals surface area contributed by atoms with E-state index in [0.29, 0.717) is 0 Å². The molecule has 0 unspecified atom stereocenters. The molecule has 0 saturated carbocycles. The van der Waals surface area contributed by atoms with E-state index in [2.05, 4.69) is 17.3 Å². The first-order valence-electron chi connectivity index (χ1n) is 15.6. The summed E-state index contributed by atoms with van der Waals surface area (Å²) >= 11 is 2.83. The van der Waals surface area contributed by atoms with Crippen LogP contribution >= 0.6 is 0 Å². The second kappa shape index (κ2) is 24.6. The number of halogens is 26. The summed E-state index contributed by atoms with van der Waals surface area (Å²) in [4.78, 5) is 0. The number of rotatable bonds is 18. The van der Waals surface area contributed by atoms with E-state index in [0.717, 1.165) is 0 Å². The SMILES string of the molecule is CCCO[C-](CC(F)(F)CC(F)(F)F)CC(F)(F)CC(F)(F)F.CCC[C-](CC(F)(F)C(F)(F)F)CC(F)(F)C(F)(F)F.CC[C-](CC(F)(F)F)CC(F)(F)F.O=S. The first-order chi connectivity index (χ1) is 25.3. The van der Waals surface area contributed by atoms with Crippen molar-refractivity contribution in [3.05, 3.63) is 17.9 Å². The fourth-order valence-corrected chi connectivity index (χ4v) is 4.00. The Balaban J connectivity index is -0.000000382. The van der Waals surface area contributed by atoms with Crippen LogP contribution in [0.5, 0.6) is 0 Å². The summed E-state index contributed by atoms with van der Waals surface area (Å²) < 4.78 is 330. The molecule has 0 N–H and O–H groups in total. The Labute approximate surface area is 319 Å². The third-order valence-electron chi connectivity index (χ3n) is 6.12. The highest BCUT2D eigenvalue weighted by Crippen LogP contribution is 2.48. The van der Waals surface area contributed by atoms with Gasteiger partial charge in [-0.25, -0.2) is 17.6 Å². The standard InChI is InChI=1S/C12H15F10O.C10H11F10.C7H9F6.OS/c1-2-3-23-8(4-9(13,14)6-11(17,18)19)5-10(15,16)7-12(20,21)22;1-2-3-6(4-7(11,12)9(15,16)17)5-8(13,14)10(18,19)20;1-2-5(3-6(8,9)10)4-7(11,12)13;1-2/h2-7H2,1H3;2-5H2,1H3;2-4H2,1H3;/q3*-1;. The third-order valence-corrected chi connectivity index (χ3v) is 6.12. The van der Waals surface area contributed by atoms with Crippen LogP contribution < -0.4 is 0 Å². The molecule has 0 fully saturated rings. The van der Waals surface area contributed by atoms with Crippen LogP contribution in [-0.2, 0) is 17.3 Å². The number of ether oxygens (including phenoxy) is 1. The highest BCUT2D eigenvalue weighted by molar-refractivity contribution is 7.44. The van der Waals surface area contributed by atoms with Crippen LogP contribution in [0.15, 0.2) is 0 Å². The highest BCUT2D eigenvalue weighted by atomic mass is 32.1. The molecule has 58 heavy (non-hydrogen) atoms. The number of hydrogen-bond acceptors (Lipinski definition) is 3. The summed E-state index contributed by atoms with van der Waals surface area (Å²) in [6.45, 7) is 3.63. The molecule has 2 nitrogen and oxygen atoms in total. The molecule has 354 valence electrons. The quantitative estimate of drug-likeness (QED) is 0.101. The molecule has 0 radical (unpaired) electrons. The van der Waals surface area contributed by atoms with Gasteiger partial charge in [0.2, 0.25) is 11.8 Å². The minimum atomic E-state index is -6.00. The molecule has 0 aromatic rings. The minimum Gasteiger partial charge on any atom is -0.548 e. The average molecular weight is 942 g/mol. The molecule has 29 heteroatoms. The maximum absolute atomic E-state index is 13.2. The van der Waals surface area contributed by atoms with Crippen molar-refractivity contribution in [1.29, 1.82) is 0 Å². The van der Waals surface area contributed by atoms with Crippen LogP contribution in [0.3, 0.4) is 0 Å². The molecule has 0 heterocycles.